The second kappa shape index (κ2) is 19.1. The molecule has 1 amide bonds. The second-order valence-electron chi connectivity index (χ2n) is 11.8. The zero-order valence-electron chi connectivity index (χ0n) is 27.1. The van der Waals surface area contributed by atoms with Gasteiger partial charge in [0, 0.05) is 14.1 Å². The highest BCUT2D eigenvalue weighted by atomic mass is 16.6. The molecule has 1 aliphatic carbocycles. The molecule has 7 nitrogen and oxygen atoms in total. The van der Waals surface area contributed by atoms with E-state index in [9.17, 15) is 4.79 Å². The number of nitrogens with one attached hydrogen (secondary N) is 1. The monoisotopic (exact) mass is 614 g/mol. The third-order valence-corrected chi connectivity index (χ3v) is 7.94. The lowest BCUT2D eigenvalue weighted by Crippen LogP contribution is -2.58. The van der Waals surface area contributed by atoms with Crippen molar-refractivity contribution in [3.8, 4) is 0 Å². The number of hydrogen-bond donors (Lipinski definition) is 1. The molecule has 0 fully saturated rings. The summed E-state index contributed by atoms with van der Waals surface area (Å²) in [5, 5.41) is 3.69. The predicted molar refractivity (Wildman–Crippen MR) is 179 cm³/mol. The molecule has 7 heteroatoms. The third kappa shape index (κ3) is 11.4. The summed E-state index contributed by atoms with van der Waals surface area (Å²) in [6.45, 7) is 4.61. The van der Waals surface area contributed by atoms with Crippen LogP contribution in [0.3, 0.4) is 0 Å². The van der Waals surface area contributed by atoms with Crippen molar-refractivity contribution >= 4 is 6.09 Å². The number of ether oxygens (including phenoxy) is 4. The molecular formula is C38H50N2O5. The Morgan fingerprint density at radius 2 is 1.24 bits per heavy atom. The van der Waals surface area contributed by atoms with Crippen LogP contribution in [0.15, 0.2) is 103 Å². The zero-order chi connectivity index (χ0) is 31.7. The van der Waals surface area contributed by atoms with Crippen LogP contribution in [0.2, 0.25) is 0 Å². The maximum Gasteiger partial charge on any atom is 0.409 e. The second-order valence-corrected chi connectivity index (χ2v) is 11.8. The Morgan fingerprint density at radius 1 is 0.689 bits per heavy atom. The molecule has 4 rings (SSSR count). The highest BCUT2D eigenvalue weighted by Gasteiger charge is 2.44. The number of benzene rings is 3. The van der Waals surface area contributed by atoms with Crippen LogP contribution in [-0.4, -0.2) is 62.6 Å². The molecule has 0 spiro atoms. The van der Waals surface area contributed by atoms with Crippen molar-refractivity contribution in [2.75, 3.05) is 27.2 Å². The number of carbonyl (C=O) groups is 1. The molecule has 3 aromatic carbocycles. The van der Waals surface area contributed by atoms with Crippen LogP contribution in [0.1, 0.15) is 55.7 Å². The fourth-order valence-electron chi connectivity index (χ4n) is 5.44. The summed E-state index contributed by atoms with van der Waals surface area (Å²) < 4.78 is 25.8. The minimum atomic E-state index is -0.613. The van der Waals surface area contributed by atoms with Crippen molar-refractivity contribution in [1.29, 1.82) is 0 Å². The summed E-state index contributed by atoms with van der Waals surface area (Å²) in [7, 11) is 3.40. The molecular weight excluding hydrogens is 564 g/mol. The van der Waals surface area contributed by atoms with E-state index in [2.05, 4.69) is 30.4 Å². The minimum Gasteiger partial charge on any atom is -0.441 e. The molecule has 0 aromatic heterocycles. The number of amides is 1. The summed E-state index contributed by atoms with van der Waals surface area (Å²) in [6, 6.07) is 30.0. The molecule has 0 saturated heterocycles. The molecule has 0 radical (unpaired) electrons. The smallest absolute Gasteiger partial charge is 0.409 e. The van der Waals surface area contributed by atoms with Gasteiger partial charge in [0.25, 0.3) is 0 Å². The van der Waals surface area contributed by atoms with Gasteiger partial charge in [-0.15, -0.1) is 0 Å². The van der Waals surface area contributed by atoms with Crippen molar-refractivity contribution in [3.05, 3.63) is 119 Å². The lowest BCUT2D eigenvalue weighted by molar-refractivity contribution is -0.136. The molecule has 0 bridgehead atoms. The van der Waals surface area contributed by atoms with E-state index in [1.54, 1.807) is 14.1 Å². The third-order valence-electron chi connectivity index (χ3n) is 7.94. The van der Waals surface area contributed by atoms with Gasteiger partial charge in [0.05, 0.1) is 32.5 Å². The normalized spacial score (nSPS) is 19.6. The van der Waals surface area contributed by atoms with Crippen molar-refractivity contribution < 1.29 is 23.7 Å². The van der Waals surface area contributed by atoms with Gasteiger partial charge in [0.1, 0.15) is 12.2 Å². The average Bonchev–Trinajstić information content (AvgIpc) is 3.07. The first-order valence-corrected chi connectivity index (χ1v) is 16.3. The number of unbranched alkanes of at least 4 members (excludes halogenated alkanes) is 4. The van der Waals surface area contributed by atoms with Crippen LogP contribution < -0.4 is 5.32 Å². The quantitative estimate of drug-likeness (QED) is 0.120. The van der Waals surface area contributed by atoms with E-state index in [-0.39, 0.29) is 6.04 Å². The SMILES string of the molecule is CCCCCCCN[C@H]1C=C(COCc2ccccc2)[C@@H](OCc2ccccc2)[C@H](OCc2ccccc2)[C@@H]1OC(=O)N(C)C. The van der Waals surface area contributed by atoms with E-state index >= 15 is 0 Å². The molecule has 1 aliphatic rings. The molecule has 3 aromatic rings. The van der Waals surface area contributed by atoms with E-state index in [1.165, 1.54) is 24.2 Å². The zero-order valence-corrected chi connectivity index (χ0v) is 27.1. The predicted octanol–water partition coefficient (Wildman–Crippen LogP) is 7.31. The highest BCUT2D eigenvalue weighted by Crippen LogP contribution is 2.30. The summed E-state index contributed by atoms with van der Waals surface area (Å²) >= 11 is 0. The van der Waals surface area contributed by atoms with Gasteiger partial charge in [0.2, 0.25) is 0 Å². The largest absolute Gasteiger partial charge is 0.441 e. The van der Waals surface area contributed by atoms with Crippen LogP contribution >= 0.6 is 0 Å². The van der Waals surface area contributed by atoms with Gasteiger partial charge in [-0.25, -0.2) is 4.79 Å². The molecule has 4 atom stereocenters. The molecule has 0 heterocycles. The van der Waals surface area contributed by atoms with Crippen LogP contribution in [0.4, 0.5) is 4.79 Å². The first kappa shape index (κ1) is 34.4. The standard InChI is InChI=1S/C38H50N2O5/c1-4-5-6-7-17-24-39-34-25-33(29-42-26-30-18-11-8-12-19-30)35(43-27-31-20-13-9-14-21-31)37(36(34)45-38(41)40(2)3)44-28-32-22-15-10-16-23-32/h8-16,18-23,25,34-37,39H,4-7,17,24,26-29H2,1-3H3/t34-,35+,36+,37-/m0/s1. The number of nitrogens with zero attached hydrogens (tertiary/aromatic N) is 1. The van der Waals surface area contributed by atoms with Gasteiger partial charge in [-0.1, -0.05) is 130 Å². The van der Waals surface area contributed by atoms with Gasteiger partial charge in [-0.2, -0.15) is 0 Å². The fraction of sp³-hybridized carbons (Fsp3) is 0.447. The molecule has 242 valence electrons. The van der Waals surface area contributed by atoms with E-state index in [1.807, 2.05) is 78.9 Å². The minimum absolute atomic E-state index is 0.271. The summed E-state index contributed by atoms with van der Waals surface area (Å²) in [4.78, 5) is 14.5. The van der Waals surface area contributed by atoms with E-state index in [0.29, 0.717) is 26.4 Å². The van der Waals surface area contributed by atoms with Gasteiger partial charge >= 0.3 is 6.09 Å². The van der Waals surface area contributed by atoms with E-state index in [0.717, 1.165) is 41.6 Å². The molecule has 0 unspecified atom stereocenters. The Kier molecular flexibility index (Phi) is 14.6. The van der Waals surface area contributed by atoms with Gasteiger partial charge in [-0.3, -0.25) is 0 Å². The number of rotatable bonds is 18. The van der Waals surface area contributed by atoms with Crippen LogP contribution in [0.25, 0.3) is 0 Å². The summed E-state index contributed by atoms with van der Waals surface area (Å²) in [6.07, 6.45) is 5.91. The molecule has 1 N–H and O–H groups in total. The Hall–Kier alpha value is -3.49. The maximum atomic E-state index is 13.1. The van der Waals surface area contributed by atoms with Crippen molar-refractivity contribution in [2.45, 2.75) is 83.2 Å². The van der Waals surface area contributed by atoms with Crippen molar-refractivity contribution in [1.82, 2.24) is 10.2 Å². The van der Waals surface area contributed by atoms with Crippen molar-refractivity contribution in [2.24, 2.45) is 0 Å². The Labute approximate surface area is 269 Å². The number of carbonyl (C=O) groups excluding carboxylic acids is 1. The van der Waals surface area contributed by atoms with Gasteiger partial charge in [-0.05, 0) is 35.2 Å². The number of hydrogen-bond acceptors (Lipinski definition) is 6. The van der Waals surface area contributed by atoms with Gasteiger partial charge < -0.3 is 29.2 Å². The van der Waals surface area contributed by atoms with Gasteiger partial charge in [0.15, 0.2) is 6.10 Å². The fourth-order valence-corrected chi connectivity index (χ4v) is 5.44. The topological polar surface area (TPSA) is 69.3 Å². The first-order chi connectivity index (χ1) is 22.0. The maximum absolute atomic E-state index is 13.1. The van der Waals surface area contributed by atoms with Crippen LogP contribution in [0.5, 0.6) is 0 Å². The van der Waals surface area contributed by atoms with Crippen molar-refractivity contribution in [3.63, 3.8) is 0 Å². The highest BCUT2D eigenvalue weighted by molar-refractivity contribution is 5.67. The van der Waals surface area contributed by atoms with E-state index < -0.39 is 24.4 Å². The Morgan fingerprint density at radius 3 is 1.82 bits per heavy atom. The van der Waals surface area contributed by atoms with Crippen LogP contribution in [0, 0.1) is 0 Å². The lowest BCUT2D eigenvalue weighted by atomic mass is 9.87. The molecule has 0 saturated carbocycles. The average molecular weight is 615 g/mol. The summed E-state index contributed by atoms with van der Waals surface area (Å²) in [5.74, 6) is 0. The lowest BCUT2D eigenvalue weighted by Gasteiger charge is -2.42. The molecule has 45 heavy (non-hydrogen) atoms. The van der Waals surface area contributed by atoms with E-state index in [4.69, 9.17) is 18.9 Å². The Balaban J connectivity index is 1.63. The molecule has 0 aliphatic heterocycles. The first-order valence-electron chi connectivity index (χ1n) is 16.3. The Bertz CT molecular complexity index is 1270. The van der Waals surface area contributed by atoms with Crippen LogP contribution in [-0.2, 0) is 38.8 Å². The summed E-state index contributed by atoms with van der Waals surface area (Å²) in [5.41, 5.74) is 4.17.